The molecular formula is C5H11Br. The van der Waals surface area contributed by atoms with Gasteiger partial charge in [-0.2, -0.15) is 0 Å². The second-order valence-electron chi connectivity index (χ2n) is 0.969. The molecule has 0 unspecified atom stereocenters. The summed E-state index contributed by atoms with van der Waals surface area (Å²) in [4.78, 5) is 0. The van der Waals surface area contributed by atoms with Crippen LogP contribution in [0.3, 0.4) is 0 Å². The second-order valence-corrected chi connectivity index (χ2v) is 1.76. The first-order valence-corrected chi connectivity index (χ1v) is 2.99. The zero-order chi connectivity index (χ0) is 9.12. The summed E-state index contributed by atoms with van der Waals surface area (Å²) in [6.07, 6.45) is -1.42. The van der Waals surface area contributed by atoms with E-state index in [-0.39, 0.29) is 6.42 Å². The molecule has 0 atom stereocenters. The summed E-state index contributed by atoms with van der Waals surface area (Å²) in [5.41, 5.74) is 0. The summed E-state index contributed by atoms with van der Waals surface area (Å²) in [6.45, 7) is -2.49. The fourth-order valence-electron chi connectivity index (χ4n) is 0.155. The number of rotatable bonds is 3. The fourth-order valence-corrected chi connectivity index (χ4v) is 0.436. The Balaban J connectivity index is 4.00. The van der Waals surface area contributed by atoms with Crippen molar-refractivity contribution in [3.05, 3.63) is 0 Å². The maximum absolute atomic E-state index is 7.16. The highest BCUT2D eigenvalue weighted by atomic mass is 79.9. The van der Waals surface area contributed by atoms with Gasteiger partial charge in [0.2, 0.25) is 0 Å². The highest BCUT2D eigenvalue weighted by Crippen LogP contribution is 1.95. The predicted molar refractivity (Wildman–Crippen MR) is 33.3 cm³/mol. The van der Waals surface area contributed by atoms with Gasteiger partial charge in [-0.15, -0.1) is 0 Å². The molecule has 0 nitrogen and oxygen atoms in total. The monoisotopic (exact) mass is 155 g/mol. The first-order valence-electron chi connectivity index (χ1n) is 4.37. The van der Waals surface area contributed by atoms with E-state index in [9.17, 15) is 0 Å². The van der Waals surface area contributed by atoms with Gasteiger partial charge in [0.1, 0.15) is 0 Å². The van der Waals surface area contributed by atoms with Crippen LogP contribution in [0.25, 0.3) is 0 Å². The van der Waals surface area contributed by atoms with Crippen LogP contribution in [0, 0.1) is 0 Å². The minimum absolute atomic E-state index is 0.0781. The zero-order valence-electron chi connectivity index (χ0n) is 8.50. The Morgan fingerprint density at radius 3 is 3.17 bits per heavy atom. The molecular weight excluding hydrogens is 140 g/mol. The van der Waals surface area contributed by atoms with Crippen molar-refractivity contribution in [2.75, 3.05) is 5.33 Å². The quantitative estimate of drug-likeness (QED) is 0.551. The molecule has 0 aromatic heterocycles. The lowest BCUT2D eigenvalue weighted by Gasteiger charge is -1.85. The average molecular weight is 156 g/mol. The molecule has 0 radical (unpaired) electrons. The van der Waals surface area contributed by atoms with Crippen LogP contribution in [-0.2, 0) is 0 Å². The third-order valence-electron chi connectivity index (χ3n) is 0.435. The number of hydrogen-bond acceptors (Lipinski definition) is 0. The number of hydrogen-bond donors (Lipinski definition) is 0. The summed E-state index contributed by atoms with van der Waals surface area (Å²) in [6, 6.07) is 0. The third-order valence-corrected chi connectivity index (χ3v) is 0.996. The smallest absolute Gasteiger partial charge is 0.0264 e. The molecule has 38 valence electrons. The molecule has 0 aromatic carbocycles. The van der Waals surface area contributed by atoms with Crippen LogP contribution in [0.1, 0.15) is 32.9 Å². The SMILES string of the molecule is [2H]C([2H])([2H])C([2H])([2H])CCCBr. The first kappa shape index (κ1) is 1.77. The molecule has 0 spiro atoms. The van der Waals surface area contributed by atoms with E-state index in [0.29, 0.717) is 11.8 Å². The van der Waals surface area contributed by atoms with Gasteiger partial charge in [-0.25, -0.2) is 0 Å². The molecule has 0 saturated carbocycles. The molecule has 0 saturated heterocycles. The van der Waals surface area contributed by atoms with Crippen molar-refractivity contribution < 1.29 is 6.85 Å². The van der Waals surface area contributed by atoms with Gasteiger partial charge in [0.25, 0.3) is 0 Å². The van der Waals surface area contributed by atoms with Crippen LogP contribution in [0.5, 0.6) is 0 Å². The highest BCUT2D eigenvalue weighted by Gasteiger charge is 1.76. The molecule has 0 amide bonds. The summed E-state index contributed by atoms with van der Waals surface area (Å²) >= 11 is 3.12. The zero-order valence-corrected chi connectivity index (χ0v) is 5.09. The lowest BCUT2D eigenvalue weighted by atomic mass is 10.3. The van der Waals surface area contributed by atoms with Crippen molar-refractivity contribution in [1.82, 2.24) is 0 Å². The van der Waals surface area contributed by atoms with Gasteiger partial charge in [0.05, 0.1) is 0 Å². The van der Waals surface area contributed by atoms with Crippen molar-refractivity contribution in [3.8, 4) is 0 Å². The third kappa shape index (κ3) is 4.48. The Morgan fingerprint density at radius 1 is 1.83 bits per heavy atom. The molecule has 0 aliphatic rings. The van der Waals surface area contributed by atoms with Crippen LogP contribution in [0.4, 0.5) is 0 Å². The molecule has 0 rings (SSSR count). The fraction of sp³-hybridized carbons (Fsp3) is 1.00. The minimum Gasteiger partial charge on any atom is -0.0928 e. The summed E-state index contributed by atoms with van der Waals surface area (Å²) in [7, 11) is 0. The van der Waals surface area contributed by atoms with Crippen molar-refractivity contribution in [2.24, 2.45) is 0 Å². The van der Waals surface area contributed by atoms with Crippen LogP contribution in [0.15, 0.2) is 0 Å². The Kier molecular flexibility index (Phi) is 1.62. The van der Waals surface area contributed by atoms with E-state index >= 15 is 0 Å². The molecule has 1 heteroatoms. The van der Waals surface area contributed by atoms with Gasteiger partial charge >= 0.3 is 0 Å². The molecule has 0 aliphatic carbocycles. The normalized spacial score (nSPS) is 25.8. The van der Waals surface area contributed by atoms with Gasteiger partial charge in [0.15, 0.2) is 0 Å². The second kappa shape index (κ2) is 5.48. The molecule has 0 heterocycles. The maximum Gasteiger partial charge on any atom is 0.0264 e. The van der Waals surface area contributed by atoms with E-state index in [1.807, 2.05) is 0 Å². The highest BCUT2D eigenvalue weighted by molar-refractivity contribution is 9.09. The molecule has 0 N–H and O–H groups in total. The van der Waals surface area contributed by atoms with Crippen molar-refractivity contribution in [2.45, 2.75) is 26.1 Å². The summed E-state index contributed by atoms with van der Waals surface area (Å²) in [5, 5.41) is 0.641. The van der Waals surface area contributed by atoms with Crippen LogP contribution >= 0.6 is 15.9 Å². The number of halogens is 1. The van der Waals surface area contributed by atoms with Crippen LogP contribution in [0.2, 0.25) is 0 Å². The van der Waals surface area contributed by atoms with Crippen molar-refractivity contribution in [3.63, 3.8) is 0 Å². The Bertz CT molecular complexity index is 119. The lowest BCUT2D eigenvalue weighted by Crippen LogP contribution is -1.70. The van der Waals surface area contributed by atoms with Gasteiger partial charge in [-0.05, 0) is 6.42 Å². The van der Waals surface area contributed by atoms with Crippen LogP contribution < -0.4 is 0 Å². The topological polar surface area (TPSA) is 0 Å². The standard InChI is InChI=1S/C5H11Br/c1-2-3-4-5-6/h2-5H2,1H3/i1D3,2D2. The first-order chi connectivity index (χ1) is 4.81. The van der Waals surface area contributed by atoms with E-state index in [2.05, 4.69) is 15.9 Å². The predicted octanol–water partition coefficient (Wildman–Crippen LogP) is 2.57. The Labute approximate surface area is 55.1 Å². The molecule has 6 heavy (non-hydrogen) atoms. The van der Waals surface area contributed by atoms with Crippen molar-refractivity contribution in [1.29, 1.82) is 0 Å². The average Bonchev–Trinajstić information content (AvgIpc) is 1.81. The van der Waals surface area contributed by atoms with Gasteiger partial charge in [-0.1, -0.05) is 35.6 Å². The Morgan fingerprint density at radius 2 is 2.67 bits per heavy atom. The molecule has 0 aromatic rings. The molecule has 0 bridgehead atoms. The largest absolute Gasteiger partial charge is 0.0928 e. The number of alkyl halides is 1. The van der Waals surface area contributed by atoms with Gasteiger partial charge in [0, 0.05) is 12.2 Å². The molecule has 0 fully saturated rings. The lowest BCUT2D eigenvalue weighted by molar-refractivity contribution is 0.781. The summed E-state index contributed by atoms with van der Waals surface area (Å²) < 4.78 is 34.9. The van der Waals surface area contributed by atoms with Gasteiger partial charge < -0.3 is 0 Å². The maximum atomic E-state index is 7.16. The van der Waals surface area contributed by atoms with E-state index in [1.165, 1.54) is 0 Å². The van der Waals surface area contributed by atoms with E-state index in [4.69, 9.17) is 6.85 Å². The summed E-state index contributed by atoms with van der Waals surface area (Å²) in [5.74, 6) is 0. The van der Waals surface area contributed by atoms with E-state index in [0.717, 1.165) is 0 Å². The van der Waals surface area contributed by atoms with E-state index < -0.39 is 13.2 Å². The minimum atomic E-state index is -2.49. The van der Waals surface area contributed by atoms with Crippen LogP contribution in [-0.4, -0.2) is 5.33 Å². The van der Waals surface area contributed by atoms with Crippen molar-refractivity contribution >= 4 is 15.9 Å². The Hall–Kier alpha value is 0.480. The molecule has 0 aliphatic heterocycles. The van der Waals surface area contributed by atoms with Gasteiger partial charge in [-0.3, -0.25) is 0 Å². The van der Waals surface area contributed by atoms with E-state index in [1.54, 1.807) is 0 Å².